The van der Waals surface area contributed by atoms with Crippen LogP contribution in [0.25, 0.3) is 0 Å². The molecule has 1 amide bonds. The van der Waals surface area contributed by atoms with Crippen LogP contribution in [0.3, 0.4) is 0 Å². The Morgan fingerprint density at radius 3 is 2.58 bits per heavy atom. The number of carbonyl (C=O) groups is 1. The normalized spacial score (nSPS) is 20.4. The van der Waals surface area contributed by atoms with Crippen molar-refractivity contribution in [1.82, 2.24) is 4.90 Å². The van der Waals surface area contributed by atoms with Gasteiger partial charge in [-0.1, -0.05) is 0 Å². The number of nitrogens with one attached hydrogen (secondary N) is 1. The summed E-state index contributed by atoms with van der Waals surface area (Å²) in [4.78, 5) is 14.9. The van der Waals surface area contributed by atoms with Crippen molar-refractivity contribution in [2.75, 3.05) is 51.9 Å². The standard InChI is InChI=1S/C20H30N2O4/c1-20(24-2,16-4-5-16)19(23)21-17-6-8-18(9-7-17)26-13-3-10-22-11-14-25-15-12-22/h6-9,16H,3-5,10-15H2,1-2H3,(H,21,23)/t20-/m0/s1. The van der Waals surface area contributed by atoms with E-state index in [0.29, 0.717) is 12.5 Å². The molecule has 1 saturated carbocycles. The Bertz CT molecular complexity index is 582. The minimum Gasteiger partial charge on any atom is -0.494 e. The quantitative estimate of drug-likeness (QED) is 0.684. The molecule has 2 aliphatic rings. The highest BCUT2D eigenvalue weighted by Gasteiger charge is 2.47. The third kappa shape index (κ3) is 4.96. The van der Waals surface area contributed by atoms with E-state index in [0.717, 1.165) is 63.5 Å². The number of hydrogen-bond acceptors (Lipinski definition) is 5. The number of anilines is 1. The van der Waals surface area contributed by atoms with Crippen LogP contribution in [0.5, 0.6) is 5.75 Å². The van der Waals surface area contributed by atoms with Gasteiger partial charge in [0.05, 0.1) is 19.8 Å². The number of nitrogens with zero attached hydrogens (tertiary/aromatic N) is 1. The minimum atomic E-state index is -0.741. The molecule has 0 spiro atoms. The molecule has 1 atom stereocenters. The molecule has 1 saturated heterocycles. The summed E-state index contributed by atoms with van der Waals surface area (Å²) in [5, 5.41) is 2.95. The summed E-state index contributed by atoms with van der Waals surface area (Å²) >= 11 is 0. The van der Waals surface area contributed by atoms with Crippen molar-refractivity contribution in [3.05, 3.63) is 24.3 Å². The van der Waals surface area contributed by atoms with Crippen LogP contribution in [0.15, 0.2) is 24.3 Å². The Hall–Kier alpha value is -1.63. The van der Waals surface area contributed by atoms with Crippen molar-refractivity contribution in [3.8, 4) is 5.75 Å². The van der Waals surface area contributed by atoms with Crippen molar-refractivity contribution in [3.63, 3.8) is 0 Å². The molecule has 1 aromatic carbocycles. The van der Waals surface area contributed by atoms with Crippen molar-refractivity contribution in [2.45, 2.75) is 31.8 Å². The van der Waals surface area contributed by atoms with Gasteiger partial charge in [-0.15, -0.1) is 0 Å². The van der Waals surface area contributed by atoms with Crippen molar-refractivity contribution < 1.29 is 19.0 Å². The Balaban J connectivity index is 1.41. The van der Waals surface area contributed by atoms with E-state index in [4.69, 9.17) is 14.2 Å². The lowest BCUT2D eigenvalue weighted by Crippen LogP contribution is -2.44. The van der Waals surface area contributed by atoms with Gasteiger partial charge in [0, 0.05) is 32.4 Å². The zero-order valence-electron chi connectivity index (χ0n) is 15.8. The summed E-state index contributed by atoms with van der Waals surface area (Å²) in [5.74, 6) is 1.06. The second-order valence-electron chi connectivity index (χ2n) is 7.22. The molecule has 1 N–H and O–H groups in total. The van der Waals surface area contributed by atoms with E-state index in [2.05, 4.69) is 10.2 Å². The molecule has 3 rings (SSSR count). The van der Waals surface area contributed by atoms with Crippen LogP contribution in [-0.4, -0.2) is 63.0 Å². The lowest BCUT2D eigenvalue weighted by atomic mass is 9.99. The fourth-order valence-corrected chi connectivity index (χ4v) is 3.27. The van der Waals surface area contributed by atoms with Crippen LogP contribution < -0.4 is 10.1 Å². The van der Waals surface area contributed by atoms with E-state index in [1.807, 2.05) is 31.2 Å². The van der Waals surface area contributed by atoms with Crippen LogP contribution >= 0.6 is 0 Å². The van der Waals surface area contributed by atoms with Crippen molar-refractivity contribution >= 4 is 11.6 Å². The maximum Gasteiger partial charge on any atom is 0.256 e. The molecule has 6 heteroatoms. The molecular formula is C20H30N2O4. The predicted molar refractivity (Wildman–Crippen MR) is 101 cm³/mol. The number of morpholine rings is 1. The molecule has 6 nitrogen and oxygen atoms in total. The zero-order valence-corrected chi connectivity index (χ0v) is 15.8. The third-order valence-corrected chi connectivity index (χ3v) is 5.33. The van der Waals surface area contributed by atoms with Crippen LogP contribution in [0, 0.1) is 5.92 Å². The summed E-state index contributed by atoms with van der Waals surface area (Å²) in [6.45, 7) is 7.27. The van der Waals surface area contributed by atoms with E-state index >= 15 is 0 Å². The second kappa shape index (κ2) is 8.84. The molecule has 1 aliphatic heterocycles. The molecule has 0 bridgehead atoms. The van der Waals surface area contributed by atoms with Crippen LogP contribution in [0.1, 0.15) is 26.2 Å². The first-order chi connectivity index (χ1) is 12.6. The smallest absolute Gasteiger partial charge is 0.256 e. The highest BCUT2D eigenvalue weighted by Crippen LogP contribution is 2.42. The van der Waals surface area contributed by atoms with Gasteiger partial charge in [0.15, 0.2) is 0 Å². The van der Waals surface area contributed by atoms with E-state index in [1.165, 1.54) is 0 Å². The van der Waals surface area contributed by atoms with Gasteiger partial charge in [0.25, 0.3) is 5.91 Å². The second-order valence-corrected chi connectivity index (χ2v) is 7.22. The molecular weight excluding hydrogens is 332 g/mol. The van der Waals surface area contributed by atoms with Crippen LogP contribution in [0.2, 0.25) is 0 Å². The van der Waals surface area contributed by atoms with Gasteiger partial charge in [-0.25, -0.2) is 0 Å². The number of carbonyl (C=O) groups excluding carboxylic acids is 1. The number of rotatable bonds is 9. The predicted octanol–water partition coefficient (Wildman–Crippen LogP) is 2.54. The van der Waals surface area contributed by atoms with Gasteiger partial charge in [0.1, 0.15) is 11.4 Å². The molecule has 2 fully saturated rings. The van der Waals surface area contributed by atoms with Gasteiger partial charge >= 0.3 is 0 Å². The molecule has 26 heavy (non-hydrogen) atoms. The Morgan fingerprint density at radius 1 is 1.27 bits per heavy atom. The first-order valence-electron chi connectivity index (χ1n) is 9.51. The summed E-state index contributed by atoms with van der Waals surface area (Å²) < 4.78 is 16.6. The lowest BCUT2D eigenvalue weighted by Gasteiger charge is -2.26. The Labute approximate surface area is 155 Å². The Kier molecular flexibility index (Phi) is 6.51. The molecule has 1 aliphatic carbocycles. The van der Waals surface area contributed by atoms with Crippen LogP contribution in [0.4, 0.5) is 5.69 Å². The average molecular weight is 362 g/mol. The molecule has 0 unspecified atom stereocenters. The minimum absolute atomic E-state index is 0.0818. The Morgan fingerprint density at radius 2 is 1.96 bits per heavy atom. The van der Waals surface area contributed by atoms with E-state index in [1.54, 1.807) is 7.11 Å². The summed E-state index contributed by atoms with van der Waals surface area (Å²) in [7, 11) is 1.60. The summed E-state index contributed by atoms with van der Waals surface area (Å²) in [5.41, 5.74) is 0.0221. The first-order valence-corrected chi connectivity index (χ1v) is 9.51. The number of hydrogen-bond donors (Lipinski definition) is 1. The zero-order chi connectivity index (χ0) is 18.4. The van der Waals surface area contributed by atoms with Gasteiger partial charge in [-0.3, -0.25) is 9.69 Å². The molecule has 1 aromatic rings. The fourth-order valence-electron chi connectivity index (χ4n) is 3.27. The van der Waals surface area contributed by atoms with E-state index in [9.17, 15) is 4.79 Å². The maximum atomic E-state index is 12.5. The van der Waals surface area contributed by atoms with Gasteiger partial charge in [-0.2, -0.15) is 0 Å². The highest BCUT2D eigenvalue weighted by atomic mass is 16.5. The number of methoxy groups -OCH3 is 1. The first kappa shape index (κ1) is 19.1. The van der Waals surface area contributed by atoms with Crippen molar-refractivity contribution in [2.24, 2.45) is 5.92 Å². The van der Waals surface area contributed by atoms with Crippen molar-refractivity contribution in [1.29, 1.82) is 0 Å². The largest absolute Gasteiger partial charge is 0.494 e. The molecule has 0 aromatic heterocycles. The lowest BCUT2D eigenvalue weighted by molar-refractivity contribution is -0.138. The molecule has 1 heterocycles. The van der Waals surface area contributed by atoms with Gasteiger partial charge < -0.3 is 19.5 Å². The van der Waals surface area contributed by atoms with Gasteiger partial charge in [0.2, 0.25) is 0 Å². The number of amides is 1. The van der Waals surface area contributed by atoms with E-state index in [-0.39, 0.29) is 5.91 Å². The molecule has 0 radical (unpaired) electrons. The van der Waals surface area contributed by atoms with Crippen LogP contribution in [-0.2, 0) is 14.3 Å². The monoisotopic (exact) mass is 362 g/mol. The highest BCUT2D eigenvalue weighted by molar-refractivity contribution is 5.97. The van der Waals surface area contributed by atoms with E-state index < -0.39 is 5.60 Å². The molecule has 144 valence electrons. The number of ether oxygens (including phenoxy) is 3. The topological polar surface area (TPSA) is 60.0 Å². The fraction of sp³-hybridized carbons (Fsp3) is 0.650. The summed E-state index contributed by atoms with van der Waals surface area (Å²) in [6.07, 6.45) is 3.09. The number of benzene rings is 1. The maximum absolute atomic E-state index is 12.5. The average Bonchev–Trinajstić information content (AvgIpc) is 3.52. The van der Waals surface area contributed by atoms with Gasteiger partial charge in [-0.05, 0) is 56.4 Å². The summed E-state index contributed by atoms with van der Waals surface area (Å²) in [6, 6.07) is 7.54. The third-order valence-electron chi connectivity index (χ3n) is 5.33. The SMILES string of the molecule is CO[C@](C)(C(=O)Nc1ccc(OCCCN2CCOCC2)cc1)C1CC1.